The number of carbonyl (C=O) groups is 2. The Morgan fingerprint density at radius 3 is 2.47 bits per heavy atom. The normalized spacial score (nSPS) is 15.8. The summed E-state index contributed by atoms with van der Waals surface area (Å²) in [6.45, 7) is 1.99. The van der Waals surface area contributed by atoms with Gasteiger partial charge in [0.05, 0.1) is 5.92 Å². The van der Waals surface area contributed by atoms with Gasteiger partial charge in [-0.15, -0.1) is 0 Å². The molecule has 1 saturated carbocycles. The number of nitrogens with one attached hydrogen (secondary N) is 1. The summed E-state index contributed by atoms with van der Waals surface area (Å²) in [6, 6.07) is 8.02. The first-order valence-electron chi connectivity index (χ1n) is 6.65. The fraction of sp³-hybridized carbons (Fsp3) is 0.467. The maximum Gasteiger partial charge on any atom is 0.303 e. The van der Waals surface area contributed by atoms with E-state index in [9.17, 15) is 9.59 Å². The van der Waals surface area contributed by atoms with Crippen molar-refractivity contribution in [2.75, 3.05) is 0 Å². The number of carboxylic acid groups (broad SMARTS) is 1. The minimum absolute atomic E-state index is 0.0105. The van der Waals surface area contributed by atoms with Crippen molar-refractivity contribution in [1.82, 2.24) is 5.32 Å². The Labute approximate surface area is 112 Å². The molecule has 0 aromatic heterocycles. The quantitative estimate of drug-likeness (QED) is 0.825. The predicted molar refractivity (Wildman–Crippen MR) is 72.0 cm³/mol. The molecule has 1 aromatic rings. The molecule has 4 nitrogen and oxygen atoms in total. The van der Waals surface area contributed by atoms with Crippen LogP contribution in [-0.2, 0) is 9.59 Å². The number of rotatable bonds is 6. The summed E-state index contributed by atoms with van der Waals surface area (Å²) >= 11 is 0. The van der Waals surface area contributed by atoms with Crippen molar-refractivity contribution in [2.24, 2.45) is 0 Å². The second kappa shape index (κ2) is 5.87. The van der Waals surface area contributed by atoms with Gasteiger partial charge in [-0.3, -0.25) is 9.59 Å². The summed E-state index contributed by atoms with van der Waals surface area (Å²) in [5.41, 5.74) is 2.02. The van der Waals surface area contributed by atoms with E-state index < -0.39 is 5.97 Å². The molecule has 0 heterocycles. The lowest BCUT2D eigenvalue weighted by Crippen LogP contribution is -2.31. The van der Waals surface area contributed by atoms with E-state index in [0.29, 0.717) is 12.5 Å². The third-order valence-corrected chi connectivity index (χ3v) is 3.37. The Morgan fingerprint density at radius 2 is 1.95 bits per heavy atom. The Hall–Kier alpha value is -1.84. The standard InChI is InChI=1S/C15H19NO3/c1-10-2-4-11(5-3-10)13(8-9-14(17)18)15(19)16-12-6-7-12/h2-5,12-13H,6-9H2,1H3,(H,16,19)(H,17,18). The molecule has 1 aromatic carbocycles. The van der Waals surface area contributed by atoms with Crippen LogP contribution < -0.4 is 5.32 Å². The van der Waals surface area contributed by atoms with E-state index in [0.717, 1.165) is 24.0 Å². The Morgan fingerprint density at radius 1 is 1.32 bits per heavy atom. The number of carbonyl (C=O) groups excluding carboxylic acids is 1. The van der Waals surface area contributed by atoms with Crippen LogP contribution in [0, 0.1) is 6.92 Å². The highest BCUT2D eigenvalue weighted by molar-refractivity contribution is 5.84. The number of benzene rings is 1. The fourth-order valence-corrected chi connectivity index (χ4v) is 2.05. The van der Waals surface area contributed by atoms with Crippen LogP contribution in [0.2, 0.25) is 0 Å². The van der Waals surface area contributed by atoms with Crippen LogP contribution in [0.25, 0.3) is 0 Å². The van der Waals surface area contributed by atoms with Gasteiger partial charge in [0.15, 0.2) is 0 Å². The Bertz CT molecular complexity index is 463. The number of amides is 1. The van der Waals surface area contributed by atoms with E-state index in [-0.39, 0.29) is 18.2 Å². The maximum absolute atomic E-state index is 12.2. The van der Waals surface area contributed by atoms with Gasteiger partial charge in [0.25, 0.3) is 0 Å². The average Bonchev–Trinajstić information content (AvgIpc) is 3.15. The summed E-state index contributed by atoms with van der Waals surface area (Å²) in [4.78, 5) is 22.9. The van der Waals surface area contributed by atoms with Crippen molar-refractivity contribution in [3.8, 4) is 0 Å². The van der Waals surface area contributed by atoms with E-state index in [2.05, 4.69) is 5.32 Å². The molecule has 0 aliphatic heterocycles. The number of aryl methyl sites for hydroxylation is 1. The third kappa shape index (κ3) is 4.09. The van der Waals surface area contributed by atoms with E-state index in [4.69, 9.17) is 5.11 Å². The van der Waals surface area contributed by atoms with Crippen LogP contribution >= 0.6 is 0 Å². The van der Waals surface area contributed by atoms with Crippen molar-refractivity contribution in [3.05, 3.63) is 35.4 Å². The lowest BCUT2D eigenvalue weighted by atomic mass is 9.92. The van der Waals surface area contributed by atoms with Crippen LogP contribution in [0.3, 0.4) is 0 Å². The van der Waals surface area contributed by atoms with Crippen molar-refractivity contribution >= 4 is 11.9 Å². The summed E-state index contributed by atoms with van der Waals surface area (Å²) in [5.74, 6) is -1.28. The average molecular weight is 261 g/mol. The van der Waals surface area contributed by atoms with E-state index in [1.807, 2.05) is 31.2 Å². The molecule has 2 N–H and O–H groups in total. The first kappa shape index (κ1) is 13.6. The molecule has 1 fully saturated rings. The zero-order valence-electron chi connectivity index (χ0n) is 11.1. The molecule has 2 rings (SSSR count). The number of hydrogen-bond donors (Lipinski definition) is 2. The first-order valence-corrected chi connectivity index (χ1v) is 6.65. The Balaban J connectivity index is 2.09. The van der Waals surface area contributed by atoms with Crippen molar-refractivity contribution < 1.29 is 14.7 Å². The monoisotopic (exact) mass is 261 g/mol. The molecule has 0 radical (unpaired) electrons. The number of aliphatic carboxylic acids is 1. The second-order valence-corrected chi connectivity index (χ2v) is 5.18. The van der Waals surface area contributed by atoms with Crippen molar-refractivity contribution in [1.29, 1.82) is 0 Å². The topological polar surface area (TPSA) is 66.4 Å². The third-order valence-electron chi connectivity index (χ3n) is 3.37. The van der Waals surface area contributed by atoms with Gasteiger partial charge in [0.2, 0.25) is 5.91 Å². The molecule has 1 atom stereocenters. The maximum atomic E-state index is 12.2. The van der Waals surface area contributed by atoms with Crippen LogP contribution in [0.4, 0.5) is 0 Å². The molecular weight excluding hydrogens is 242 g/mol. The molecule has 1 aliphatic carbocycles. The van der Waals surface area contributed by atoms with Gasteiger partial charge in [-0.25, -0.2) is 0 Å². The molecule has 0 saturated heterocycles. The highest BCUT2D eigenvalue weighted by atomic mass is 16.4. The summed E-state index contributed by atoms with van der Waals surface area (Å²) in [5, 5.41) is 11.8. The SMILES string of the molecule is Cc1ccc(C(CCC(=O)O)C(=O)NC2CC2)cc1. The summed E-state index contributed by atoms with van der Waals surface area (Å²) in [6.07, 6.45) is 2.42. The molecule has 19 heavy (non-hydrogen) atoms. The van der Waals surface area contributed by atoms with Crippen LogP contribution in [0.5, 0.6) is 0 Å². The zero-order valence-corrected chi connectivity index (χ0v) is 11.1. The van der Waals surface area contributed by atoms with E-state index >= 15 is 0 Å². The molecule has 1 aliphatic rings. The minimum atomic E-state index is -0.865. The lowest BCUT2D eigenvalue weighted by molar-refractivity contribution is -0.137. The molecule has 4 heteroatoms. The Kier molecular flexibility index (Phi) is 4.20. The summed E-state index contributed by atoms with van der Waals surface area (Å²) in [7, 11) is 0. The van der Waals surface area contributed by atoms with Gasteiger partial charge < -0.3 is 10.4 Å². The van der Waals surface area contributed by atoms with Crippen LogP contribution in [0.1, 0.15) is 42.7 Å². The molecular formula is C15H19NO3. The van der Waals surface area contributed by atoms with Gasteiger partial charge in [-0.05, 0) is 31.7 Å². The molecule has 102 valence electrons. The first-order chi connectivity index (χ1) is 9.06. The smallest absolute Gasteiger partial charge is 0.303 e. The number of hydrogen-bond acceptors (Lipinski definition) is 2. The molecule has 0 bridgehead atoms. The van der Waals surface area contributed by atoms with Crippen LogP contribution in [-0.4, -0.2) is 23.0 Å². The van der Waals surface area contributed by atoms with Gasteiger partial charge in [0, 0.05) is 12.5 Å². The van der Waals surface area contributed by atoms with Crippen molar-refractivity contribution in [3.63, 3.8) is 0 Å². The number of carboxylic acids is 1. The van der Waals surface area contributed by atoms with E-state index in [1.165, 1.54) is 0 Å². The summed E-state index contributed by atoms with van der Waals surface area (Å²) < 4.78 is 0. The highest BCUT2D eigenvalue weighted by Gasteiger charge is 2.28. The lowest BCUT2D eigenvalue weighted by Gasteiger charge is -2.16. The highest BCUT2D eigenvalue weighted by Crippen LogP contribution is 2.25. The minimum Gasteiger partial charge on any atom is -0.481 e. The fourth-order valence-electron chi connectivity index (χ4n) is 2.05. The molecule has 1 unspecified atom stereocenters. The van der Waals surface area contributed by atoms with Crippen molar-refractivity contribution in [2.45, 2.75) is 44.6 Å². The molecule has 1 amide bonds. The van der Waals surface area contributed by atoms with Gasteiger partial charge in [-0.2, -0.15) is 0 Å². The molecule has 0 spiro atoms. The van der Waals surface area contributed by atoms with Crippen LogP contribution in [0.15, 0.2) is 24.3 Å². The zero-order chi connectivity index (χ0) is 13.8. The van der Waals surface area contributed by atoms with Gasteiger partial charge >= 0.3 is 5.97 Å². The predicted octanol–water partition coefficient (Wildman–Crippen LogP) is 2.22. The van der Waals surface area contributed by atoms with Gasteiger partial charge in [0.1, 0.15) is 0 Å². The second-order valence-electron chi connectivity index (χ2n) is 5.18. The van der Waals surface area contributed by atoms with Gasteiger partial charge in [-0.1, -0.05) is 29.8 Å². The van der Waals surface area contributed by atoms with E-state index in [1.54, 1.807) is 0 Å². The largest absolute Gasteiger partial charge is 0.481 e.